The van der Waals surface area contributed by atoms with Crippen molar-refractivity contribution in [1.82, 2.24) is 10.6 Å². The van der Waals surface area contributed by atoms with Gasteiger partial charge < -0.3 is 15.5 Å². The fourth-order valence-electron chi connectivity index (χ4n) is 2.46. The summed E-state index contributed by atoms with van der Waals surface area (Å²) in [5, 5.41) is 9.77. The lowest BCUT2D eigenvalue weighted by Crippen LogP contribution is -2.47. The zero-order valence-corrected chi connectivity index (χ0v) is 10.6. The van der Waals surface area contributed by atoms with Crippen molar-refractivity contribution in [2.24, 2.45) is 5.16 Å². The molecule has 2 rings (SSSR count). The van der Waals surface area contributed by atoms with E-state index in [1.165, 1.54) is 12.8 Å². The molecule has 1 atom stereocenters. The Hall–Kier alpha value is -1.26. The normalized spacial score (nSPS) is 28.7. The van der Waals surface area contributed by atoms with Crippen LogP contribution in [0.5, 0.6) is 0 Å². The first-order valence-corrected chi connectivity index (χ1v) is 6.33. The number of carbonyl (C=O) groups is 1. The van der Waals surface area contributed by atoms with Crippen molar-refractivity contribution < 1.29 is 9.63 Å². The summed E-state index contributed by atoms with van der Waals surface area (Å²) >= 11 is 0. The van der Waals surface area contributed by atoms with Crippen molar-refractivity contribution in [3.63, 3.8) is 0 Å². The van der Waals surface area contributed by atoms with Crippen LogP contribution in [0.2, 0.25) is 0 Å². The van der Waals surface area contributed by atoms with Gasteiger partial charge in [-0.2, -0.15) is 0 Å². The van der Waals surface area contributed by atoms with Crippen molar-refractivity contribution in [3.05, 3.63) is 0 Å². The molecule has 0 aromatic heterocycles. The first-order valence-electron chi connectivity index (χ1n) is 6.33. The number of carbonyl (C=O) groups excluding carboxylic acids is 1. The quantitative estimate of drug-likeness (QED) is 0.788. The number of hydrogen-bond donors (Lipinski definition) is 2. The third kappa shape index (κ3) is 3.35. The third-order valence-electron chi connectivity index (χ3n) is 3.36. The summed E-state index contributed by atoms with van der Waals surface area (Å²) in [5.41, 5.74) is 0.599. The maximum absolute atomic E-state index is 11.7. The van der Waals surface area contributed by atoms with E-state index < -0.39 is 0 Å². The first-order chi connectivity index (χ1) is 8.07. The molecule has 2 amide bonds. The average Bonchev–Trinajstić information content (AvgIpc) is 2.87. The molecule has 0 spiro atoms. The maximum atomic E-state index is 11.7. The Morgan fingerprint density at radius 1 is 1.53 bits per heavy atom. The predicted octanol–water partition coefficient (Wildman–Crippen LogP) is 1.78. The van der Waals surface area contributed by atoms with E-state index in [0.29, 0.717) is 12.6 Å². The van der Waals surface area contributed by atoms with Crippen molar-refractivity contribution in [2.75, 3.05) is 6.54 Å². The Morgan fingerprint density at radius 2 is 2.24 bits per heavy atom. The van der Waals surface area contributed by atoms with Crippen molar-refractivity contribution in [1.29, 1.82) is 0 Å². The standard InChI is InChI=1S/C12H21N3O2/c1-9-7-12(2,17-15-9)8-13-11(16)14-10-5-3-4-6-10/h10H,3-8H2,1-2H3,(H2,13,14,16)/t12-/m1/s1. The van der Waals surface area contributed by atoms with E-state index in [1.807, 2.05) is 13.8 Å². The first kappa shape index (κ1) is 12.2. The van der Waals surface area contributed by atoms with Crippen LogP contribution in [0, 0.1) is 0 Å². The lowest BCUT2D eigenvalue weighted by Gasteiger charge is -2.22. The smallest absolute Gasteiger partial charge is 0.315 e. The molecule has 0 unspecified atom stereocenters. The lowest BCUT2D eigenvalue weighted by atomic mass is 10.0. The van der Waals surface area contributed by atoms with Crippen LogP contribution in [0.15, 0.2) is 5.16 Å². The minimum Gasteiger partial charge on any atom is -0.387 e. The molecule has 1 saturated carbocycles. The summed E-state index contributed by atoms with van der Waals surface area (Å²) < 4.78 is 0. The Labute approximate surface area is 102 Å². The van der Waals surface area contributed by atoms with E-state index in [2.05, 4.69) is 15.8 Å². The predicted molar refractivity (Wildman–Crippen MR) is 66.0 cm³/mol. The van der Waals surface area contributed by atoms with Crippen LogP contribution in [0.4, 0.5) is 4.79 Å². The van der Waals surface area contributed by atoms with E-state index in [4.69, 9.17) is 4.84 Å². The van der Waals surface area contributed by atoms with Gasteiger partial charge in [0, 0.05) is 12.5 Å². The van der Waals surface area contributed by atoms with E-state index in [-0.39, 0.29) is 11.6 Å². The van der Waals surface area contributed by atoms with Crippen molar-refractivity contribution in [3.8, 4) is 0 Å². The zero-order valence-electron chi connectivity index (χ0n) is 10.6. The summed E-state index contributed by atoms with van der Waals surface area (Å²) in [7, 11) is 0. The summed E-state index contributed by atoms with van der Waals surface area (Å²) in [6, 6.07) is 0.261. The molecule has 1 aliphatic heterocycles. The molecule has 1 aliphatic carbocycles. The van der Waals surface area contributed by atoms with Crippen LogP contribution in [0.3, 0.4) is 0 Å². The molecule has 2 aliphatic rings. The number of nitrogens with one attached hydrogen (secondary N) is 2. The van der Waals surface area contributed by atoms with Crippen LogP contribution in [-0.4, -0.2) is 29.9 Å². The zero-order chi connectivity index (χ0) is 12.3. The van der Waals surface area contributed by atoms with Crippen LogP contribution in [-0.2, 0) is 4.84 Å². The van der Waals surface area contributed by atoms with Gasteiger partial charge in [-0.15, -0.1) is 0 Å². The average molecular weight is 239 g/mol. The van der Waals surface area contributed by atoms with Crippen LogP contribution in [0.1, 0.15) is 46.0 Å². The fourth-order valence-corrected chi connectivity index (χ4v) is 2.46. The highest BCUT2D eigenvalue weighted by Crippen LogP contribution is 2.22. The third-order valence-corrected chi connectivity index (χ3v) is 3.36. The van der Waals surface area contributed by atoms with Gasteiger partial charge >= 0.3 is 6.03 Å². The van der Waals surface area contributed by atoms with Gasteiger partial charge in [-0.1, -0.05) is 18.0 Å². The molecule has 17 heavy (non-hydrogen) atoms. The molecule has 2 N–H and O–H groups in total. The van der Waals surface area contributed by atoms with Gasteiger partial charge in [0.2, 0.25) is 0 Å². The highest BCUT2D eigenvalue weighted by Gasteiger charge is 2.33. The summed E-state index contributed by atoms with van der Waals surface area (Å²) in [6.07, 6.45) is 5.42. The second kappa shape index (κ2) is 4.94. The summed E-state index contributed by atoms with van der Waals surface area (Å²) in [4.78, 5) is 17.0. The second-order valence-electron chi connectivity index (χ2n) is 5.35. The molecule has 0 aromatic carbocycles. The molecule has 5 nitrogen and oxygen atoms in total. The number of hydrogen-bond acceptors (Lipinski definition) is 3. The molecule has 0 saturated heterocycles. The van der Waals surface area contributed by atoms with Crippen LogP contribution in [0.25, 0.3) is 0 Å². The highest BCUT2D eigenvalue weighted by molar-refractivity contribution is 5.83. The van der Waals surface area contributed by atoms with Gasteiger partial charge in [0.05, 0.1) is 12.3 Å². The maximum Gasteiger partial charge on any atom is 0.315 e. The summed E-state index contributed by atoms with van der Waals surface area (Å²) in [6.45, 7) is 4.39. The molecular formula is C12H21N3O2. The van der Waals surface area contributed by atoms with Gasteiger partial charge in [-0.25, -0.2) is 4.79 Å². The van der Waals surface area contributed by atoms with E-state index in [9.17, 15) is 4.79 Å². The molecule has 0 bridgehead atoms. The molecule has 0 aromatic rings. The largest absolute Gasteiger partial charge is 0.387 e. The Kier molecular flexibility index (Phi) is 3.54. The van der Waals surface area contributed by atoms with Crippen LogP contribution >= 0.6 is 0 Å². The lowest BCUT2D eigenvalue weighted by molar-refractivity contribution is -0.000435. The van der Waals surface area contributed by atoms with E-state index in [1.54, 1.807) is 0 Å². The van der Waals surface area contributed by atoms with Gasteiger partial charge in [-0.3, -0.25) is 0 Å². The topological polar surface area (TPSA) is 62.7 Å². The number of oxime groups is 1. The monoisotopic (exact) mass is 239 g/mol. The molecule has 0 radical (unpaired) electrons. The summed E-state index contributed by atoms with van der Waals surface area (Å²) in [5.74, 6) is 0. The second-order valence-corrected chi connectivity index (χ2v) is 5.35. The Bertz CT molecular complexity index is 324. The van der Waals surface area contributed by atoms with E-state index >= 15 is 0 Å². The van der Waals surface area contributed by atoms with Gasteiger partial charge in [0.25, 0.3) is 0 Å². The Balaban J connectivity index is 1.69. The fraction of sp³-hybridized carbons (Fsp3) is 0.833. The van der Waals surface area contributed by atoms with Crippen LogP contribution < -0.4 is 10.6 Å². The number of nitrogens with zero attached hydrogens (tertiary/aromatic N) is 1. The SMILES string of the molecule is CC1=NO[C@@](C)(CNC(=O)NC2CCCC2)C1. The molecule has 96 valence electrons. The van der Waals surface area contributed by atoms with Gasteiger partial charge in [0.1, 0.15) is 0 Å². The van der Waals surface area contributed by atoms with Gasteiger partial charge in [-0.05, 0) is 26.7 Å². The number of amides is 2. The number of urea groups is 1. The molecule has 1 fully saturated rings. The number of rotatable bonds is 3. The minimum absolute atomic E-state index is 0.0914. The molecule has 5 heteroatoms. The Morgan fingerprint density at radius 3 is 2.82 bits per heavy atom. The highest BCUT2D eigenvalue weighted by atomic mass is 16.7. The van der Waals surface area contributed by atoms with Crippen molar-refractivity contribution in [2.45, 2.75) is 57.6 Å². The van der Waals surface area contributed by atoms with Gasteiger partial charge in [0.15, 0.2) is 5.60 Å². The van der Waals surface area contributed by atoms with E-state index in [0.717, 1.165) is 25.0 Å². The van der Waals surface area contributed by atoms with Crippen molar-refractivity contribution >= 4 is 11.7 Å². The molecule has 1 heterocycles. The molecular weight excluding hydrogens is 218 g/mol. The minimum atomic E-state index is -0.378.